The van der Waals surface area contributed by atoms with E-state index in [0.717, 1.165) is 0 Å². The van der Waals surface area contributed by atoms with Gasteiger partial charge in [-0.15, -0.1) is 0 Å². The molecular weight excluding hydrogens is 306 g/mol. The highest BCUT2D eigenvalue weighted by Crippen LogP contribution is 2.19. The lowest BCUT2D eigenvalue weighted by Crippen LogP contribution is -2.04. The second-order valence-electron chi connectivity index (χ2n) is 3.46. The average molecular weight is 314 g/mol. The highest BCUT2D eigenvalue weighted by Gasteiger charge is 2.14. The van der Waals surface area contributed by atoms with Crippen LogP contribution in [-0.4, -0.2) is 5.78 Å². The van der Waals surface area contributed by atoms with E-state index in [-0.39, 0.29) is 11.3 Å². The third-order valence-electron chi connectivity index (χ3n) is 2.28. The van der Waals surface area contributed by atoms with Gasteiger partial charge in [-0.2, -0.15) is 0 Å². The van der Waals surface area contributed by atoms with Crippen molar-refractivity contribution in [1.29, 1.82) is 0 Å². The summed E-state index contributed by atoms with van der Waals surface area (Å²) < 4.78 is 14.2. The molecule has 0 radical (unpaired) electrons. The van der Waals surface area contributed by atoms with Gasteiger partial charge in [0.05, 0.1) is 5.56 Å². The van der Waals surface area contributed by atoms with Crippen molar-refractivity contribution < 1.29 is 9.18 Å². The molecule has 0 saturated heterocycles. The van der Waals surface area contributed by atoms with Gasteiger partial charge >= 0.3 is 0 Å². The lowest BCUT2D eigenvalue weighted by Gasteiger charge is -2.03. The summed E-state index contributed by atoms with van der Waals surface area (Å²) in [6.07, 6.45) is 0. The first kappa shape index (κ1) is 12.3. The molecule has 0 bridgehead atoms. The van der Waals surface area contributed by atoms with Crippen LogP contribution in [0.2, 0.25) is 5.02 Å². The number of ketones is 1. The van der Waals surface area contributed by atoms with Crippen LogP contribution in [0.1, 0.15) is 15.9 Å². The summed E-state index contributed by atoms with van der Waals surface area (Å²) in [4.78, 5) is 12.0. The quantitative estimate of drug-likeness (QED) is 0.748. The molecule has 0 aromatic heterocycles. The lowest BCUT2D eigenvalue weighted by atomic mass is 10.0. The minimum Gasteiger partial charge on any atom is -0.288 e. The average Bonchev–Trinajstić information content (AvgIpc) is 2.32. The van der Waals surface area contributed by atoms with E-state index in [0.29, 0.717) is 15.1 Å². The Bertz CT molecular complexity index is 566. The second kappa shape index (κ2) is 4.98. The van der Waals surface area contributed by atoms with Crippen molar-refractivity contribution in [3.8, 4) is 0 Å². The van der Waals surface area contributed by atoms with Crippen molar-refractivity contribution in [3.63, 3.8) is 0 Å². The molecule has 0 spiro atoms. The van der Waals surface area contributed by atoms with Crippen LogP contribution in [0, 0.1) is 5.82 Å². The van der Waals surface area contributed by atoms with Gasteiger partial charge in [-0.3, -0.25) is 4.79 Å². The summed E-state index contributed by atoms with van der Waals surface area (Å²) in [5.74, 6) is -0.895. The van der Waals surface area contributed by atoms with Crippen LogP contribution in [0.25, 0.3) is 0 Å². The molecule has 0 aliphatic heterocycles. The third-order valence-corrected chi connectivity index (χ3v) is 3.02. The van der Waals surface area contributed by atoms with E-state index >= 15 is 0 Å². The maximum Gasteiger partial charge on any atom is 0.196 e. The summed E-state index contributed by atoms with van der Waals surface area (Å²) in [5.41, 5.74) is 0.452. The zero-order chi connectivity index (χ0) is 12.4. The summed E-state index contributed by atoms with van der Waals surface area (Å²) in [5, 5.41) is 0.538. The molecule has 17 heavy (non-hydrogen) atoms. The SMILES string of the molecule is O=C(c1ccc(Cl)cc1)c1cc(Br)ccc1F. The van der Waals surface area contributed by atoms with Crippen LogP contribution in [0.5, 0.6) is 0 Å². The van der Waals surface area contributed by atoms with Crippen LogP contribution in [0.4, 0.5) is 4.39 Å². The number of hydrogen-bond acceptors (Lipinski definition) is 1. The van der Waals surface area contributed by atoms with Crippen LogP contribution >= 0.6 is 27.5 Å². The molecule has 0 N–H and O–H groups in total. The molecule has 2 aromatic rings. The Morgan fingerprint density at radius 3 is 2.41 bits per heavy atom. The molecule has 4 heteroatoms. The monoisotopic (exact) mass is 312 g/mol. The van der Waals surface area contributed by atoms with E-state index in [1.165, 1.54) is 12.1 Å². The Balaban J connectivity index is 2.43. The third kappa shape index (κ3) is 2.73. The minimum atomic E-state index is -0.534. The van der Waals surface area contributed by atoms with Gasteiger partial charge in [0.2, 0.25) is 0 Å². The maximum absolute atomic E-state index is 13.5. The van der Waals surface area contributed by atoms with Gasteiger partial charge in [-0.05, 0) is 42.5 Å². The Morgan fingerprint density at radius 1 is 1.12 bits per heavy atom. The fourth-order valence-electron chi connectivity index (χ4n) is 1.43. The molecular formula is C13H7BrClFO. The van der Waals surface area contributed by atoms with Crippen LogP contribution in [0.3, 0.4) is 0 Å². The number of halogens is 3. The van der Waals surface area contributed by atoms with E-state index in [2.05, 4.69) is 15.9 Å². The molecule has 0 aliphatic rings. The van der Waals surface area contributed by atoms with Gasteiger partial charge in [-0.1, -0.05) is 27.5 Å². The first-order valence-corrected chi connectivity index (χ1v) is 6.00. The van der Waals surface area contributed by atoms with Crippen molar-refractivity contribution in [2.75, 3.05) is 0 Å². The van der Waals surface area contributed by atoms with Gasteiger partial charge in [0, 0.05) is 15.1 Å². The first-order chi connectivity index (χ1) is 8.08. The molecule has 0 heterocycles. The topological polar surface area (TPSA) is 17.1 Å². The summed E-state index contributed by atoms with van der Waals surface area (Å²) in [6.45, 7) is 0. The maximum atomic E-state index is 13.5. The van der Waals surface area contributed by atoms with E-state index in [4.69, 9.17) is 11.6 Å². The molecule has 1 nitrogen and oxygen atoms in total. The summed E-state index contributed by atoms with van der Waals surface area (Å²) >= 11 is 8.93. The van der Waals surface area contributed by atoms with E-state index < -0.39 is 5.82 Å². The van der Waals surface area contributed by atoms with Crippen molar-refractivity contribution in [2.45, 2.75) is 0 Å². The predicted octanol–water partition coefficient (Wildman–Crippen LogP) is 4.47. The molecule has 2 aromatic carbocycles. The zero-order valence-corrected chi connectivity index (χ0v) is 10.9. The van der Waals surface area contributed by atoms with E-state index in [1.54, 1.807) is 30.3 Å². The molecule has 86 valence electrons. The van der Waals surface area contributed by atoms with Crippen LogP contribution < -0.4 is 0 Å². The van der Waals surface area contributed by atoms with Crippen molar-refractivity contribution in [1.82, 2.24) is 0 Å². The van der Waals surface area contributed by atoms with Gasteiger partial charge < -0.3 is 0 Å². The normalized spacial score (nSPS) is 10.3. The Labute approximate surface area is 111 Å². The molecule has 0 amide bonds. The van der Waals surface area contributed by atoms with Crippen molar-refractivity contribution in [2.24, 2.45) is 0 Å². The van der Waals surface area contributed by atoms with Crippen LogP contribution in [0.15, 0.2) is 46.9 Å². The van der Waals surface area contributed by atoms with E-state index in [1.807, 2.05) is 0 Å². The lowest BCUT2D eigenvalue weighted by molar-refractivity contribution is 0.103. The first-order valence-electron chi connectivity index (χ1n) is 4.83. The molecule has 0 fully saturated rings. The standard InChI is InChI=1S/C13H7BrClFO/c14-9-3-6-12(16)11(7-9)13(17)8-1-4-10(15)5-2-8/h1-7H. The smallest absolute Gasteiger partial charge is 0.196 e. The fourth-order valence-corrected chi connectivity index (χ4v) is 1.92. The van der Waals surface area contributed by atoms with E-state index in [9.17, 15) is 9.18 Å². The summed E-state index contributed by atoms with van der Waals surface area (Å²) in [7, 11) is 0. The van der Waals surface area contributed by atoms with Gasteiger partial charge in [0.15, 0.2) is 5.78 Å². The Morgan fingerprint density at radius 2 is 1.76 bits per heavy atom. The molecule has 0 saturated carbocycles. The molecule has 2 rings (SSSR count). The Hall–Kier alpha value is -1.19. The number of benzene rings is 2. The highest BCUT2D eigenvalue weighted by atomic mass is 79.9. The highest BCUT2D eigenvalue weighted by molar-refractivity contribution is 9.10. The minimum absolute atomic E-state index is 0.0432. The largest absolute Gasteiger partial charge is 0.288 e. The summed E-state index contributed by atoms with van der Waals surface area (Å²) in [6, 6.07) is 10.6. The zero-order valence-electron chi connectivity index (χ0n) is 8.58. The molecule has 0 atom stereocenters. The number of carbonyl (C=O) groups excluding carboxylic acids is 1. The predicted molar refractivity (Wildman–Crippen MR) is 69.0 cm³/mol. The van der Waals surface area contributed by atoms with Crippen LogP contribution in [-0.2, 0) is 0 Å². The number of carbonyl (C=O) groups is 1. The number of hydrogen-bond donors (Lipinski definition) is 0. The number of rotatable bonds is 2. The second-order valence-corrected chi connectivity index (χ2v) is 4.81. The van der Waals surface area contributed by atoms with Gasteiger partial charge in [-0.25, -0.2) is 4.39 Å². The van der Waals surface area contributed by atoms with Gasteiger partial charge in [0.1, 0.15) is 5.82 Å². The van der Waals surface area contributed by atoms with Crippen molar-refractivity contribution in [3.05, 3.63) is 68.9 Å². The van der Waals surface area contributed by atoms with Gasteiger partial charge in [0.25, 0.3) is 0 Å². The Kier molecular flexibility index (Phi) is 3.60. The fraction of sp³-hybridized carbons (Fsp3) is 0. The molecule has 0 unspecified atom stereocenters. The molecule has 0 aliphatic carbocycles. The van der Waals surface area contributed by atoms with Crippen molar-refractivity contribution >= 4 is 33.3 Å².